The number of benzene rings is 1. The number of halogens is 1. The smallest absolute Gasteiger partial charge is 0.334 e. The van der Waals surface area contributed by atoms with Crippen molar-refractivity contribution in [3.8, 4) is 0 Å². The van der Waals surface area contributed by atoms with Gasteiger partial charge in [-0.05, 0) is 36.4 Å². The van der Waals surface area contributed by atoms with E-state index in [1.165, 1.54) is 19.4 Å². The van der Waals surface area contributed by atoms with Gasteiger partial charge in [0.2, 0.25) is 17.5 Å². The number of nitro groups is 1. The quantitative estimate of drug-likeness (QED) is 0.323. The monoisotopic (exact) mass is 399 g/mol. The first-order chi connectivity index (χ1) is 13.4. The van der Waals surface area contributed by atoms with Gasteiger partial charge in [0, 0.05) is 24.5 Å². The van der Waals surface area contributed by atoms with Gasteiger partial charge in [0.05, 0.1) is 10.6 Å². The molecule has 0 bridgehead atoms. The molecule has 142 valence electrons. The summed E-state index contributed by atoms with van der Waals surface area (Å²) in [5.41, 5.74) is 1.16. The van der Waals surface area contributed by atoms with Crippen molar-refractivity contribution in [3.63, 3.8) is 0 Å². The van der Waals surface area contributed by atoms with Crippen LogP contribution in [-0.4, -0.2) is 25.8 Å². The minimum absolute atomic E-state index is 0.00482. The first-order valence-corrected chi connectivity index (χ1v) is 8.33. The van der Waals surface area contributed by atoms with Gasteiger partial charge >= 0.3 is 5.69 Å². The number of nitrogens with one attached hydrogen (secondary N) is 3. The number of hydrogen-bond acceptors (Lipinski definition) is 8. The molecule has 0 saturated heterocycles. The number of rotatable bonds is 6. The molecule has 28 heavy (non-hydrogen) atoms. The van der Waals surface area contributed by atoms with Crippen LogP contribution in [0.1, 0.15) is 6.92 Å². The van der Waals surface area contributed by atoms with Crippen LogP contribution in [0.25, 0.3) is 0 Å². The van der Waals surface area contributed by atoms with E-state index in [1.54, 1.807) is 36.4 Å². The van der Waals surface area contributed by atoms with Gasteiger partial charge in [-0.3, -0.25) is 14.9 Å². The van der Waals surface area contributed by atoms with Crippen LogP contribution < -0.4 is 16.0 Å². The molecule has 3 rings (SSSR count). The summed E-state index contributed by atoms with van der Waals surface area (Å²) in [6.45, 7) is 1.40. The number of nitrogens with zero attached hydrogens (tertiary/aromatic N) is 4. The van der Waals surface area contributed by atoms with Crippen LogP contribution in [0.4, 0.5) is 34.4 Å². The summed E-state index contributed by atoms with van der Waals surface area (Å²) < 4.78 is 0. The Hall–Kier alpha value is -3.79. The number of hydrogen-bond donors (Lipinski definition) is 3. The van der Waals surface area contributed by atoms with Crippen LogP contribution in [0, 0.1) is 10.1 Å². The number of carbonyl (C=O) groups excluding carboxylic acids is 1. The third kappa shape index (κ3) is 4.48. The molecule has 0 fully saturated rings. The van der Waals surface area contributed by atoms with E-state index in [1.807, 2.05) is 0 Å². The molecule has 3 aromatic rings. The standard InChI is InChI=1S/C17H14ClN7O3/c1-10(26)22-11-4-6-12(7-5-11)23-16-14(25(27)28)17(21-9-20-16)24-13-3-2-8-19-15(13)18/h2-9H,1H3,(H,22,26)(H2,20,21,23,24). The van der Waals surface area contributed by atoms with Gasteiger partial charge in [0.1, 0.15) is 6.33 Å². The second kappa shape index (κ2) is 8.27. The summed E-state index contributed by atoms with van der Waals surface area (Å²) in [6, 6.07) is 9.88. The van der Waals surface area contributed by atoms with Crippen LogP contribution in [0.2, 0.25) is 5.15 Å². The molecule has 0 aliphatic carbocycles. The summed E-state index contributed by atoms with van der Waals surface area (Å²) in [5.74, 6) is -0.237. The summed E-state index contributed by atoms with van der Waals surface area (Å²) in [4.78, 5) is 33.9. The highest BCUT2D eigenvalue weighted by atomic mass is 35.5. The fraction of sp³-hybridized carbons (Fsp3) is 0.0588. The molecule has 10 nitrogen and oxygen atoms in total. The van der Waals surface area contributed by atoms with E-state index in [-0.39, 0.29) is 28.4 Å². The molecule has 0 aliphatic heterocycles. The van der Waals surface area contributed by atoms with E-state index >= 15 is 0 Å². The van der Waals surface area contributed by atoms with Gasteiger partial charge in [0.15, 0.2) is 5.15 Å². The Morgan fingerprint density at radius 3 is 2.29 bits per heavy atom. The zero-order valence-corrected chi connectivity index (χ0v) is 15.3. The minimum Gasteiger partial charge on any atom is -0.334 e. The molecule has 0 radical (unpaired) electrons. The van der Waals surface area contributed by atoms with E-state index in [0.29, 0.717) is 17.1 Å². The lowest BCUT2D eigenvalue weighted by Crippen LogP contribution is -2.07. The van der Waals surface area contributed by atoms with E-state index in [9.17, 15) is 14.9 Å². The summed E-state index contributed by atoms with van der Waals surface area (Å²) >= 11 is 5.99. The average Bonchev–Trinajstić information content (AvgIpc) is 2.65. The second-order valence-electron chi connectivity index (χ2n) is 5.53. The highest BCUT2D eigenvalue weighted by molar-refractivity contribution is 6.32. The first kappa shape index (κ1) is 19.0. The minimum atomic E-state index is -0.597. The predicted octanol–water partition coefficient (Wildman–Crippen LogP) is 3.88. The van der Waals surface area contributed by atoms with Crippen molar-refractivity contribution in [2.24, 2.45) is 0 Å². The van der Waals surface area contributed by atoms with Crippen molar-refractivity contribution in [3.05, 3.63) is 64.2 Å². The highest BCUT2D eigenvalue weighted by Crippen LogP contribution is 2.34. The molecule has 2 heterocycles. The lowest BCUT2D eigenvalue weighted by molar-refractivity contribution is -0.383. The van der Waals surface area contributed by atoms with Gasteiger partial charge in [-0.2, -0.15) is 0 Å². The Labute approximate surface area is 164 Å². The molecule has 1 amide bonds. The van der Waals surface area contributed by atoms with Crippen molar-refractivity contribution in [1.29, 1.82) is 0 Å². The maximum atomic E-state index is 11.6. The predicted molar refractivity (Wildman–Crippen MR) is 105 cm³/mol. The maximum absolute atomic E-state index is 11.6. The van der Waals surface area contributed by atoms with Crippen LogP contribution in [-0.2, 0) is 4.79 Å². The summed E-state index contributed by atoms with van der Waals surface area (Å²) in [6.07, 6.45) is 2.69. The molecule has 3 N–H and O–H groups in total. The fourth-order valence-electron chi connectivity index (χ4n) is 2.32. The Morgan fingerprint density at radius 1 is 1.04 bits per heavy atom. The Morgan fingerprint density at radius 2 is 1.68 bits per heavy atom. The van der Waals surface area contributed by atoms with E-state index in [0.717, 1.165) is 0 Å². The summed E-state index contributed by atoms with van der Waals surface area (Å²) in [5, 5.41) is 20.1. The molecular weight excluding hydrogens is 386 g/mol. The van der Waals surface area contributed by atoms with Crippen molar-refractivity contribution in [2.45, 2.75) is 6.92 Å². The van der Waals surface area contributed by atoms with Crippen LogP contribution in [0.15, 0.2) is 48.9 Å². The third-order valence-corrected chi connectivity index (χ3v) is 3.79. The SMILES string of the molecule is CC(=O)Nc1ccc(Nc2ncnc(Nc3cccnc3Cl)c2[N+](=O)[O-])cc1. The number of aromatic nitrogens is 3. The number of carbonyl (C=O) groups is 1. The molecule has 0 spiro atoms. The van der Waals surface area contributed by atoms with Gasteiger partial charge < -0.3 is 16.0 Å². The van der Waals surface area contributed by atoms with Gasteiger partial charge in [0.25, 0.3) is 0 Å². The average molecular weight is 400 g/mol. The summed E-state index contributed by atoms with van der Waals surface area (Å²) in [7, 11) is 0. The molecule has 0 aliphatic rings. The molecule has 2 aromatic heterocycles. The highest BCUT2D eigenvalue weighted by Gasteiger charge is 2.24. The third-order valence-electron chi connectivity index (χ3n) is 3.49. The molecule has 1 aromatic carbocycles. The van der Waals surface area contributed by atoms with Crippen LogP contribution >= 0.6 is 11.6 Å². The Balaban J connectivity index is 1.90. The zero-order valence-electron chi connectivity index (χ0n) is 14.5. The van der Waals surface area contributed by atoms with Crippen molar-refractivity contribution < 1.29 is 9.72 Å². The van der Waals surface area contributed by atoms with Gasteiger partial charge in [-0.1, -0.05) is 11.6 Å². The molecule has 0 unspecified atom stereocenters. The lowest BCUT2D eigenvalue weighted by atomic mass is 10.2. The van der Waals surface area contributed by atoms with Crippen molar-refractivity contribution in [2.75, 3.05) is 16.0 Å². The maximum Gasteiger partial charge on any atom is 0.353 e. The molecule has 0 atom stereocenters. The fourth-order valence-corrected chi connectivity index (χ4v) is 2.48. The van der Waals surface area contributed by atoms with Crippen molar-refractivity contribution >= 4 is 51.9 Å². The lowest BCUT2D eigenvalue weighted by Gasteiger charge is -2.11. The Kier molecular flexibility index (Phi) is 5.61. The van der Waals surface area contributed by atoms with Gasteiger partial charge in [-0.15, -0.1) is 0 Å². The second-order valence-corrected chi connectivity index (χ2v) is 5.88. The number of amides is 1. The largest absolute Gasteiger partial charge is 0.353 e. The molecular formula is C17H14ClN7O3. The van der Waals surface area contributed by atoms with Crippen LogP contribution in [0.5, 0.6) is 0 Å². The molecule has 11 heteroatoms. The number of pyridine rings is 1. The van der Waals surface area contributed by atoms with Crippen molar-refractivity contribution in [1.82, 2.24) is 15.0 Å². The Bertz CT molecular complexity index is 1030. The number of anilines is 5. The van der Waals surface area contributed by atoms with E-state index < -0.39 is 4.92 Å². The van der Waals surface area contributed by atoms with E-state index in [2.05, 4.69) is 30.9 Å². The topological polar surface area (TPSA) is 135 Å². The normalized spacial score (nSPS) is 10.2. The van der Waals surface area contributed by atoms with Gasteiger partial charge in [-0.25, -0.2) is 15.0 Å². The van der Waals surface area contributed by atoms with Crippen LogP contribution in [0.3, 0.4) is 0 Å². The molecule has 0 saturated carbocycles. The zero-order chi connectivity index (χ0) is 20.1. The first-order valence-electron chi connectivity index (χ1n) is 7.95. The van der Waals surface area contributed by atoms with E-state index in [4.69, 9.17) is 11.6 Å².